The van der Waals surface area contributed by atoms with Gasteiger partial charge >= 0.3 is 0 Å². The van der Waals surface area contributed by atoms with Crippen LogP contribution < -0.4 is 10.9 Å². The highest BCUT2D eigenvalue weighted by Gasteiger charge is 2.03. The Hall–Kier alpha value is -1.65. The predicted octanol–water partition coefficient (Wildman–Crippen LogP) is 2.63. The highest BCUT2D eigenvalue weighted by Crippen LogP contribution is 2.14. The minimum atomic E-state index is -0.132. The lowest BCUT2D eigenvalue weighted by molar-refractivity contribution is 0.666. The van der Waals surface area contributed by atoms with Crippen molar-refractivity contribution in [3.63, 3.8) is 0 Å². The summed E-state index contributed by atoms with van der Waals surface area (Å²) in [5.74, 6) is 0.625. The number of allylic oxidation sites excluding steroid dienone is 1. The van der Waals surface area contributed by atoms with E-state index in [-0.39, 0.29) is 5.56 Å². The number of halogens is 1. The number of hydrogen-bond donors (Lipinski definition) is 2. The van der Waals surface area contributed by atoms with E-state index in [1.165, 1.54) is 0 Å². The number of fused-ring (bicyclic) bond motifs is 1. The zero-order chi connectivity index (χ0) is 13.7. The second kappa shape index (κ2) is 6.50. The van der Waals surface area contributed by atoms with Gasteiger partial charge in [0.25, 0.3) is 5.56 Å². The van der Waals surface area contributed by atoms with Crippen molar-refractivity contribution >= 4 is 22.5 Å². The van der Waals surface area contributed by atoms with Gasteiger partial charge in [0.2, 0.25) is 0 Å². The Balaban J connectivity index is 2.14. The SMILES string of the molecule is C/C=C/CCNCc1nc2cc(Cl)ccc2c(=O)[nH]1. The minimum absolute atomic E-state index is 0.132. The molecule has 19 heavy (non-hydrogen) atoms. The maximum absolute atomic E-state index is 11.9. The molecule has 0 spiro atoms. The van der Waals surface area contributed by atoms with Gasteiger partial charge in [0.15, 0.2) is 0 Å². The van der Waals surface area contributed by atoms with E-state index in [9.17, 15) is 4.79 Å². The van der Waals surface area contributed by atoms with Crippen molar-refractivity contribution in [1.29, 1.82) is 0 Å². The first-order chi connectivity index (χ1) is 9.20. The van der Waals surface area contributed by atoms with Gasteiger partial charge in [-0.3, -0.25) is 4.79 Å². The Labute approximate surface area is 116 Å². The second-order valence-electron chi connectivity index (χ2n) is 4.21. The number of nitrogens with one attached hydrogen (secondary N) is 2. The summed E-state index contributed by atoms with van der Waals surface area (Å²) >= 11 is 5.91. The third kappa shape index (κ3) is 3.66. The van der Waals surface area contributed by atoms with Crippen LogP contribution in [-0.4, -0.2) is 16.5 Å². The molecule has 2 rings (SSSR count). The van der Waals surface area contributed by atoms with Crippen LogP contribution in [0.4, 0.5) is 0 Å². The van der Waals surface area contributed by atoms with E-state index in [2.05, 4.69) is 21.4 Å². The van der Waals surface area contributed by atoms with Gasteiger partial charge in [-0.05, 0) is 38.1 Å². The van der Waals surface area contributed by atoms with Gasteiger partial charge in [-0.2, -0.15) is 0 Å². The average Bonchev–Trinajstić information content (AvgIpc) is 2.38. The van der Waals surface area contributed by atoms with E-state index >= 15 is 0 Å². The van der Waals surface area contributed by atoms with Gasteiger partial charge in [-0.15, -0.1) is 0 Å². The molecule has 1 heterocycles. The lowest BCUT2D eigenvalue weighted by atomic mass is 10.2. The molecule has 0 saturated carbocycles. The Kier molecular flexibility index (Phi) is 4.71. The van der Waals surface area contributed by atoms with Crippen LogP contribution in [0.3, 0.4) is 0 Å². The van der Waals surface area contributed by atoms with Gasteiger partial charge in [-0.25, -0.2) is 4.98 Å². The summed E-state index contributed by atoms with van der Waals surface area (Å²) in [6, 6.07) is 5.08. The van der Waals surface area contributed by atoms with Crippen molar-refractivity contribution in [3.8, 4) is 0 Å². The maximum Gasteiger partial charge on any atom is 0.258 e. The monoisotopic (exact) mass is 277 g/mol. The van der Waals surface area contributed by atoms with E-state index in [4.69, 9.17) is 11.6 Å². The molecule has 0 aliphatic heterocycles. The fraction of sp³-hybridized carbons (Fsp3) is 0.286. The molecule has 0 amide bonds. The topological polar surface area (TPSA) is 57.8 Å². The van der Waals surface area contributed by atoms with Crippen molar-refractivity contribution < 1.29 is 0 Å². The molecule has 0 bridgehead atoms. The van der Waals surface area contributed by atoms with E-state index in [0.29, 0.717) is 28.3 Å². The number of hydrogen-bond acceptors (Lipinski definition) is 3. The molecule has 2 N–H and O–H groups in total. The second-order valence-corrected chi connectivity index (χ2v) is 4.65. The van der Waals surface area contributed by atoms with Crippen LogP contribution in [0.5, 0.6) is 0 Å². The smallest absolute Gasteiger partial charge is 0.258 e. The van der Waals surface area contributed by atoms with Crippen LogP contribution in [0.15, 0.2) is 35.1 Å². The van der Waals surface area contributed by atoms with Gasteiger partial charge in [-0.1, -0.05) is 23.8 Å². The third-order valence-electron chi connectivity index (χ3n) is 2.73. The molecule has 2 aromatic rings. The molecule has 0 fully saturated rings. The summed E-state index contributed by atoms with van der Waals surface area (Å²) in [5, 5.41) is 4.36. The predicted molar refractivity (Wildman–Crippen MR) is 78.5 cm³/mol. The van der Waals surface area contributed by atoms with E-state index in [1.54, 1.807) is 18.2 Å². The zero-order valence-electron chi connectivity index (χ0n) is 10.7. The summed E-state index contributed by atoms with van der Waals surface area (Å²) in [6.45, 7) is 3.38. The van der Waals surface area contributed by atoms with Gasteiger partial charge in [0.05, 0.1) is 17.4 Å². The highest BCUT2D eigenvalue weighted by molar-refractivity contribution is 6.31. The normalized spacial score (nSPS) is 11.5. The van der Waals surface area contributed by atoms with Crippen LogP contribution in [0.25, 0.3) is 10.9 Å². The van der Waals surface area contributed by atoms with Gasteiger partial charge < -0.3 is 10.3 Å². The third-order valence-corrected chi connectivity index (χ3v) is 2.97. The number of aromatic amines is 1. The average molecular weight is 278 g/mol. The van der Waals surface area contributed by atoms with E-state index in [0.717, 1.165) is 13.0 Å². The van der Waals surface area contributed by atoms with Crippen LogP contribution in [0, 0.1) is 0 Å². The van der Waals surface area contributed by atoms with Crippen LogP contribution in [0.2, 0.25) is 5.02 Å². The number of H-pyrrole nitrogens is 1. The molecule has 1 aromatic heterocycles. The first-order valence-corrected chi connectivity index (χ1v) is 6.59. The van der Waals surface area contributed by atoms with Crippen LogP contribution >= 0.6 is 11.6 Å². The minimum Gasteiger partial charge on any atom is -0.310 e. The number of nitrogens with zero attached hydrogens (tertiary/aromatic N) is 1. The molecule has 1 aromatic carbocycles. The molecule has 0 saturated heterocycles. The zero-order valence-corrected chi connectivity index (χ0v) is 11.5. The number of aromatic nitrogens is 2. The molecular weight excluding hydrogens is 262 g/mol. The highest BCUT2D eigenvalue weighted by atomic mass is 35.5. The quantitative estimate of drug-likeness (QED) is 0.652. The summed E-state index contributed by atoms with van der Waals surface area (Å²) in [7, 11) is 0. The standard InChI is InChI=1S/C14H16ClN3O/c1-2-3-4-7-16-9-13-17-12-8-10(15)5-6-11(12)14(19)18-13/h2-3,5-6,8,16H,4,7,9H2,1H3,(H,17,18,19)/b3-2+. The molecule has 0 unspecified atom stereocenters. The maximum atomic E-state index is 11.9. The summed E-state index contributed by atoms with van der Waals surface area (Å²) in [4.78, 5) is 19.0. The summed E-state index contributed by atoms with van der Waals surface area (Å²) in [5.41, 5.74) is 0.494. The summed E-state index contributed by atoms with van der Waals surface area (Å²) < 4.78 is 0. The Bertz CT molecular complexity index is 649. The summed E-state index contributed by atoms with van der Waals surface area (Å²) in [6.07, 6.45) is 5.06. The molecule has 100 valence electrons. The van der Waals surface area contributed by atoms with Crippen molar-refractivity contribution in [1.82, 2.24) is 15.3 Å². The Morgan fingerprint density at radius 2 is 2.32 bits per heavy atom. The lowest BCUT2D eigenvalue weighted by Gasteiger charge is -2.04. The molecule has 0 atom stereocenters. The number of benzene rings is 1. The van der Waals surface area contributed by atoms with Gasteiger partial charge in [0, 0.05) is 5.02 Å². The van der Waals surface area contributed by atoms with E-state index in [1.807, 2.05) is 13.0 Å². The molecule has 4 nitrogen and oxygen atoms in total. The Morgan fingerprint density at radius 3 is 3.11 bits per heavy atom. The molecule has 0 aliphatic rings. The number of rotatable bonds is 5. The largest absolute Gasteiger partial charge is 0.310 e. The van der Waals surface area contributed by atoms with Crippen LogP contribution in [0.1, 0.15) is 19.2 Å². The van der Waals surface area contributed by atoms with Crippen molar-refractivity contribution in [2.75, 3.05) is 6.54 Å². The Morgan fingerprint density at radius 1 is 1.47 bits per heavy atom. The van der Waals surface area contributed by atoms with Crippen molar-refractivity contribution in [3.05, 3.63) is 51.6 Å². The first-order valence-electron chi connectivity index (χ1n) is 6.21. The van der Waals surface area contributed by atoms with Crippen molar-refractivity contribution in [2.24, 2.45) is 0 Å². The lowest BCUT2D eigenvalue weighted by Crippen LogP contribution is -2.20. The first kappa shape index (κ1) is 13.8. The van der Waals surface area contributed by atoms with E-state index < -0.39 is 0 Å². The van der Waals surface area contributed by atoms with Gasteiger partial charge in [0.1, 0.15) is 5.82 Å². The fourth-order valence-electron chi connectivity index (χ4n) is 1.80. The van der Waals surface area contributed by atoms with Crippen LogP contribution in [-0.2, 0) is 6.54 Å². The molecule has 5 heteroatoms. The molecule has 0 aliphatic carbocycles. The van der Waals surface area contributed by atoms with Crippen molar-refractivity contribution in [2.45, 2.75) is 19.9 Å². The molecular formula is C14H16ClN3O. The fourth-order valence-corrected chi connectivity index (χ4v) is 1.97. The molecule has 0 radical (unpaired) electrons.